The van der Waals surface area contributed by atoms with E-state index in [0.717, 1.165) is 34.3 Å². The Balaban J connectivity index is 2.18. The van der Waals surface area contributed by atoms with Crippen LogP contribution in [0.2, 0.25) is 0 Å². The summed E-state index contributed by atoms with van der Waals surface area (Å²) in [4.78, 5) is 20.8. The number of benzene rings is 1. The Morgan fingerprint density at radius 2 is 2.00 bits per heavy atom. The van der Waals surface area contributed by atoms with Crippen molar-refractivity contribution >= 4 is 33.5 Å². The molecule has 2 rings (SSSR count). The fourth-order valence-corrected chi connectivity index (χ4v) is 2.64. The first kappa shape index (κ1) is 17.4. The molecule has 23 heavy (non-hydrogen) atoms. The molecule has 0 spiro atoms. The highest BCUT2D eigenvalue weighted by Crippen LogP contribution is 2.25. The van der Waals surface area contributed by atoms with E-state index in [1.165, 1.54) is 0 Å². The van der Waals surface area contributed by atoms with E-state index in [1.807, 2.05) is 32.0 Å². The molecule has 1 amide bonds. The second-order valence-corrected chi connectivity index (χ2v) is 6.29. The molecule has 2 N–H and O–H groups in total. The third-order valence-electron chi connectivity index (χ3n) is 3.27. The van der Waals surface area contributed by atoms with Gasteiger partial charge in [0.25, 0.3) is 5.91 Å². The molecule has 0 aliphatic carbocycles. The van der Waals surface area contributed by atoms with Crippen LogP contribution in [-0.4, -0.2) is 22.4 Å². The molecule has 5 nitrogen and oxygen atoms in total. The van der Waals surface area contributed by atoms with Gasteiger partial charge < -0.3 is 10.6 Å². The lowest BCUT2D eigenvalue weighted by Crippen LogP contribution is -2.25. The van der Waals surface area contributed by atoms with Gasteiger partial charge in [0, 0.05) is 16.7 Å². The number of nitrogens with zero attached hydrogens (tertiary/aromatic N) is 2. The molecule has 2 aromatic rings. The monoisotopic (exact) mass is 376 g/mol. The lowest BCUT2D eigenvalue weighted by atomic mass is 10.2. The molecule has 1 heterocycles. The van der Waals surface area contributed by atoms with Crippen molar-refractivity contribution in [1.29, 1.82) is 0 Å². The number of carbonyl (C=O) groups is 1. The van der Waals surface area contributed by atoms with E-state index in [4.69, 9.17) is 0 Å². The zero-order valence-electron chi connectivity index (χ0n) is 13.6. The number of unbranched alkanes of at least 4 members (excludes halogenated alkanes) is 1. The number of halogens is 1. The zero-order valence-corrected chi connectivity index (χ0v) is 15.2. The molecule has 0 radical (unpaired) electrons. The smallest absolute Gasteiger partial charge is 0.270 e. The fraction of sp³-hybridized carbons (Fsp3) is 0.353. The Bertz CT molecular complexity index is 703. The average Bonchev–Trinajstić information content (AvgIpc) is 2.50. The van der Waals surface area contributed by atoms with Crippen molar-refractivity contribution in [3.05, 3.63) is 45.7 Å². The van der Waals surface area contributed by atoms with Crippen molar-refractivity contribution in [2.75, 3.05) is 11.9 Å². The molecule has 0 unspecified atom stereocenters. The third kappa shape index (κ3) is 5.03. The van der Waals surface area contributed by atoms with Gasteiger partial charge in [0.15, 0.2) is 0 Å². The Hall–Kier alpha value is -1.95. The van der Waals surface area contributed by atoms with E-state index in [0.29, 0.717) is 18.2 Å². The summed E-state index contributed by atoms with van der Waals surface area (Å²) in [5.41, 5.74) is 3.13. The number of carbonyl (C=O) groups excluding carboxylic acids is 1. The zero-order chi connectivity index (χ0) is 16.8. The van der Waals surface area contributed by atoms with Crippen molar-refractivity contribution in [2.24, 2.45) is 0 Å². The second kappa shape index (κ2) is 8.06. The molecule has 0 aliphatic heterocycles. The van der Waals surface area contributed by atoms with Gasteiger partial charge in [0.2, 0.25) is 5.95 Å². The summed E-state index contributed by atoms with van der Waals surface area (Å²) >= 11 is 3.52. The molecule has 0 fully saturated rings. The molecule has 0 bridgehead atoms. The Morgan fingerprint density at radius 3 is 2.70 bits per heavy atom. The standard InChI is InChI=1S/C17H21BrN4O/c1-4-5-8-19-16(23)15-10-12(3)20-17(22-15)21-14-7-6-11(2)9-13(14)18/h6-7,9-10H,4-5,8H2,1-3H3,(H,19,23)(H,20,21,22). The molecule has 0 saturated carbocycles. The molecular formula is C17H21BrN4O. The van der Waals surface area contributed by atoms with Crippen molar-refractivity contribution in [2.45, 2.75) is 33.6 Å². The van der Waals surface area contributed by atoms with Crippen LogP contribution in [0.4, 0.5) is 11.6 Å². The Labute approximate surface area is 145 Å². The topological polar surface area (TPSA) is 66.9 Å². The van der Waals surface area contributed by atoms with Gasteiger partial charge in [-0.2, -0.15) is 0 Å². The van der Waals surface area contributed by atoms with Crippen LogP contribution >= 0.6 is 15.9 Å². The number of hydrogen-bond acceptors (Lipinski definition) is 4. The fourth-order valence-electron chi connectivity index (χ4n) is 2.05. The molecule has 6 heteroatoms. The maximum Gasteiger partial charge on any atom is 0.270 e. The highest BCUT2D eigenvalue weighted by atomic mass is 79.9. The maximum absolute atomic E-state index is 12.1. The van der Waals surface area contributed by atoms with Crippen molar-refractivity contribution in [1.82, 2.24) is 15.3 Å². The largest absolute Gasteiger partial charge is 0.351 e. The van der Waals surface area contributed by atoms with Crippen molar-refractivity contribution in [3.63, 3.8) is 0 Å². The van der Waals surface area contributed by atoms with Gasteiger partial charge in [-0.05, 0) is 60.0 Å². The van der Waals surface area contributed by atoms with Gasteiger partial charge in [0.1, 0.15) is 5.69 Å². The van der Waals surface area contributed by atoms with Crippen LogP contribution in [0.5, 0.6) is 0 Å². The van der Waals surface area contributed by atoms with Gasteiger partial charge in [-0.15, -0.1) is 0 Å². The Kier molecular flexibility index (Phi) is 6.10. The third-order valence-corrected chi connectivity index (χ3v) is 3.93. The predicted molar refractivity (Wildman–Crippen MR) is 96.2 cm³/mol. The van der Waals surface area contributed by atoms with E-state index >= 15 is 0 Å². The first-order valence-corrected chi connectivity index (χ1v) is 8.46. The summed E-state index contributed by atoms with van der Waals surface area (Å²) in [6, 6.07) is 7.65. The SMILES string of the molecule is CCCCNC(=O)c1cc(C)nc(Nc2ccc(C)cc2Br)n1. The highest BCUT2D eigenvalue weighted by Gasteiger charge is 2.11. The molecule has 0 saturated heterocycles. The minimum absolute atomic E-state index is 0.171. The quantitative estimate of drug-likeness (QED) is 0.743. The number of rotatable bonds is 6. The number of aryl methyl sites for hydroxylation is 2. The van der Waals surface area contributed by atoms with Crippen LogP contribution in [0.3, 0.4) is 0 Å². The highest BCUT2D eigenvalue weighted by molar-refractivity contribution is 9.10. The van der Waals surface area contributed by atoms with Crippen LogP contribution in [-0.2, 0) is 0 Å². The molecule has 1 aromatic carbocycles. The number of aromatic nitrogens is 2. The van der Waals surface area contributed by atoms with Gasteiger partial charge in [0.05, 0.1) is 5.69 Å². The average molecular weight is 377 g/mol. The summed E-state index contributed by atoms with van der Waals surface area (Å²) in [6.07, 6.45) is 1.99. The Morgan fingerprint density at radius 1 is 1.22 bits per heavy atom. The van der Waals surface area contributed by atoms with E-state index in [9.17, 15) is 4.79 Å². The van der Waals surface area contributed by atoms with Crippen LogP contribution in [0, 0.1) is 13.8 Å². The summed E-state index contributed by atoms with van der Waals surface area (Å²) in [7, 11) is 0. The first-order valence-electron chi connectivity index (χ1n) is 7.66. The van der Waals surface area contributed by atoms with Crippen LogP contribution in [0.25, 0.3) is 0 Å². The summed E-state index contributed by atoms with van der Waals surface area (Å²) in [5.74, 6) is 0.241. The van der Waals surface area contributed by atoms with E-state index in [-0.39, 0.29) is 5.91 Å². The number of hydrogen-bond donors (Lipinski definition) is 2. The number of nitrogens with one attached hydrogen (secondary N) is 2. The molecular weight excluding hydrogens is 356 g/mol. The minimum atomic E-state index is -0.171. The lowest BCUT2D eigenvalue weighted by Gasteiger charge is -2.10. The van der Waals surface area contributed by atoms with E-state index in [2.05, 4.69) is 43.5 Å². The van der Waals surface area contributed by atoms with Crippen molar-refractivity contribution in [3.8, 4) is 0 Å². The van der Waals surface area contributed by atoms with Gasteiger partial charge in [-0.3, -0.25) is 4.79 Å². The van der Waals surface area contributed by atoms with Crippen LogP contribution in [0.15, 0.2) is 28.7 Å². The van der Waals surface area contributed by atoms with Crippen LogP contribution in [0.1, 0.15) is 41.5 Å². The first-order chi connectivity index (χ1) is 11.0. The van der Waals surface area contributed by atoms with Crippen LogP contribution < -0.4 is 10.6 Å². The predicted octanol–water partition coefficient (Wildman–Crippen LogP) is 4.13. The molecule has 1 aromatic heterocycles. The van der Waals surface area contributed by atoms with E-state index in [1.54, 1.807) is 6.07 Å². The van der Waals surface area contributed by atoms with Gasteiger partial charge in [-0.1, -0.05) is 19.4 Å². The molecule has 0 atom stereocenters. The second-order valence-electron chi connectivity index (χ2n) is 5.44. The van der Waals surface area contributed by atoms with Crippen molar-refractivity contribution < 1.29 is 4.79 Å². The summed E-state index contributed by atoms with van der Waals surface area (Å²) < 4.78 is 0.927. The minimum Gasteiger partial charge on any atom is -0.351 e. The normalized spacial score (nSPS) is 10.4. The molecule has 0 aliphatic rings. The summed E-state index contributed by atoms with van der Waals surface area (Å²) in [5, 5.41) is 6.02. The van der Waals surface area contributed by atoms with E-state index < -0.39 is 0 Å². The lowest BCUT2D eigenvalue weighted by molar-refractivity contribution is 0.0948. The molecule has 122 valence electrons. The number of anilines is 2. The summed E-state index contributed by atoms with van der Waals surface area (Å²) in [6.45, 7) is 6.61. The number of amides is 1. The maximum atomic E-state index is 12.1. The van der Waals surface area contributed by atoms with Gasteiger partial charge in [-0.25, -0.2) is 9.97 Å². The van der Waals surface area contributed by atoms with Gasteiger partial charge >= 0.3 is 0 Å².